The second-order valence-corrected chi connectivity index (χ2v) is 7.42. The molecule has 0 aliphatic carbocycles. The Morgan fingerprint density at radius 3 is 2.74 bits per heavy atom. The number of ether oxygens (including phenoxy) is 2. The quantitative estimate of drug-likeness (QED) is 0.424. The number of carbonyl (C=O) groups excluding carboxylic acids is 2. The molecule has 0 aliphatic rings. The average molecular weight is 437 g/mol. The number of fused-ring (bicyclic) bond motifs is 1. The molecule has 2 heterocycles. The summed E-state index contributed by atoms with van der Waals surface area (Å²) in [5.74, 6) is -0.334. The van der Waals surface area contributed by atoms with Gasteiger partial charge in [-0.3, -0.25) is 10.1 Å². The summed E-state index contributed by atoms with van der Waals surface area (Å²) in [6.45, 7) is 1.76. The summed E-state index contributed by atoms with van der Waals surface area (Å²) in [7, 11) is 1.61. The fourth-order valence-electron chi connectivity index (χ4n) is 2.98. The minimum atomic E-state index is -0.969. The molecule has 2 aromatic carbocycles. The third kappa shape index (κ3) is 4.41. The number of anilines is 1. The molecule has 0 aliphatic heterocycles. The lowest BCUT2D eigenvalue weighted by atomic mass is 10.2. The lowest BCUT2D eigenvalue weighted by molar-refractivity contribution is -0.124. The number of thiazole rings is 1. The first-order chi connectivity index (χ1) is 15.1. The van der Waals surface area contributed by atoms with Crippen LogP contribution in [0.1, 0.15) is 23.7 Å². The SMILES string of the molecule is CCC(OC(=O)c1cccc2ocnc12)C(=O)Nc1nc(-c2ccc(OC)cc2)cs1. The summed E-state index contributed by atoms with van der Waals surface area (Å²) < 4.78 is 15.8. The van der Waals surface area contributed by atoms with E-state index in [0.29, 0.717) is 22.7 Å². The molecular formula is C22H19N3O5S. The van der Waals surface area contributed by atoms with Crippen molar-refractivity contribution in [3.05, 3.63) is 59.8 Å². The molecule has 0 saturated carbocycles. The zero-order chi connectivity index (χ0) is 21.8. The van der Waals surface area contributed by atoms with E-state index in [9.17, 15) is 9.59 Å². The predicted molar refractivity (Wildman–Crippen MR) is 116 cm³/mol. The van der Waals surface area contributed by atoms with Crippen LogP contribution < -0.4 is 10.1 Å². The van der Waals surface area contributed by atoms with E-state index in [1.807, 2.05) is 29.6 Å². The van der Waals surface area contributed by atoms with Crippen molar-refractivity contribution < 1.29 is 23.5 Å². The molecule has 1 N–H and O–H groups in total. The number of para-hydroxylation sites is 1. The second-order valence-electron chi connectivity index (χ2n) is 6.56. The van der Waals surface area contributed by atoms with Gasteiger partial charge in [-0.05, 0) is 42.8 Å². The van der Waals surface area contributed by atoms with Crippen molar-refractivity contribution in [1.82, 2.24) is 9.97 Å². The van der Waals surface area contributed by atoms with E-state index < -0.39 is 18.0 Å². The minimum Gasteiger partial charge on any atom is -0.497 e. The van der Waals surface area contributed by atoms with Crippen LogP contribution in [0.25, 0.3) is 22.4 Å². The summed E-state index contributed by atoms with van der Waals surface area (Å²) in [5, 5.41) is 4.99. The van der Waals surface area contributed by atoms with Gasteiger partial charge in [0.15, 0.2) is 23.2 Å². The molecule has 9 heteroatoms. The minimum absolute atomic E-state index is 0.244. The van der Waals surface area contributed by atoms with Crippen LogP contribution in [0.15, 0.2) is 58.7 Å². The van der Waals surface area contributed by atoms with Gasteiger partial charge in [0.2, 0.25) is 0 Å². The van der Waals surface area contributed by atoms with Crippen LogP contribution in [0.3, 0.4) is 0 Å². The van der Waals surface area contributed by atoms with Crippen LogP contribution in [-0.4, -0.2) is 35.1 Å². The number of nitrogens with zero attached hydrogens (tertiary/aromatic N) is 2. The number of carbonyl (C=O) groups is 2. The monoisotopic (exact) mass is 437 g/mol. The highest BCUT2D eigenvalue weighted by Crippen LogP contribution is 2.27. The molecular weight excluding hydrogens is 418 g/mol. The van der Waals surface area contributed by atoms with E-state index in [0.717, 1.165) is 17.0 Å². The van der Waals surface area contributed by atoms with Crippen molar-refractivity contribution in [3.8, 4) is 17.0 Å². The first kappa shape index (κ1) is 20.5. The number of oxazole rings is 1. The number of methoxy groups -OCH3 is 1. The zero-order valence-corrected chi connectivity index (χ0v) is 17.6. The maximum Gasteiger partial charge on any atom is 0.341 e. The van der Waals surface area contributed by atoms with Gasteiger partial charge < -0.3 is 13.9 Å². The Labute approximate surface area is 181 Å². The number of rotatable bonds is 7. The number of aromatic nitrogens is 2. The van der Waals surface area contributed by atoms with Gasteiger partial charge in [0.05, 0.1) is 18.4 Å². The van der Waals surface area contributed by atoms with E-state index in [2.05, 4.69) is 15.3 Å². The molecule has 2 aromatic heterocycles. The molecule has 0 spiro atoms. The van der Waals surface area contributed by atoms with Gasteiger partial charge in [0.25, 0.3) is 5.91 Å². The van der Waals surface area contributed by atoms with Crippen LogP contribution >= 0.6 is 11.3 Å². The third-order valence-corrected chi connectivity index (χ3v) is 5.37. The van der Waals surface area contributed by atoms with Gasteiger partial charge in [-0.15, -0.1) is 11.3 Å². The van der Waals surface area contributed by atoms with Crippen LogP contribution in [-0.2, 0) is 9.53 Å². The fraction of sp³-hybridized carbons (Fsp3) is 0.182. The van der Waals surface area contributed by atoms with Crippen LogP contribution in [0, 0.1) is 0 Å². The van der Waals surface area contributed by atoms with Gasteiger partial charge in [0, 0.05) is 10.9 Å². The zero-order valence-electron chi connectivity index (χ0n) is 16.8. The Bertz CT molecular complexity index is 1220. The highest BCUT2D eigenvalue weighted by Gasteiger charge is 2.24. The fourth-order valence-corrected chi connectivity index (χ4v) is 3.70. The van der Waals surface area contributed by atoms with E-state index in [1.54, 1.807) is 32.2 Å². The summed E-state index contributed by atoms with van der Waals surface area (Å²) in [4.78, 5) is 33.8. The number of hydrogen-bond acceptors (Lipinski definition) is 8. The Morgan fingerprint density at radius 2 is 2.00 bits per heavy atom. The van der Waals surface area contributed by atoms with Crippen molar-refractivity contribution in [3.63, 3.8) is 0 Å². The Hall–Kier alpha value is -3.72. The normalized spacial score (nSPS) is 11.8. The first-order valence-electron chi connectivity index (χ1n) is 9.53. The van der Waals surface area contributed by atoms with Crippen molar-refractivity contribution in [2.75, 3.05) is 12.4 Å². The molecule has 0 saturated heterocycles. The molecule has 1 unspecified atom stereocenters. The number of benzene rings is 2. The topological polar surface area (TPSA) is 104 Å². The smallest absolute Gasteiger partial charge is 0.341 e. The molecule has 4 rings (SSSR count). The highest BCUT2D eigenvalue weighted by molar-refractivity contribution is 7.14. The highest BCUT2D eigenvalue weighted by atomic mass is 32.1. The van der Waals surface area contributed by atoms with Crippen LogP contribution in [0.5, 0.6) is 5.75 Å². The van der Waals surface area contributed by atoms with Gasteiger partial charge in [-0.2, -0.15) is 0 Å². The van der Waals surface area contributed by atoms with Gasteiger partial charge >= 0.3 is 5.97 Å². The molecule has 0 radical (unpaired) electrons. The molecule has 1 atom stereocenters. The number of esters is 1. The van der Waals surface area contributed by atoms with Gasteiger partial charge in [-0.1, -0.05) is 13.0 Å². The molecule has 4 aromatic rings. The second kappa shape index (κ2) is 8.97. The lowest BCUT2D eigenvalue weighted by Crippen LogP contribution is -2.32. The van der Waals surface area contributed by atoms with E-state index in [-0.39, 0.29) is 5.56 Å². The maximum atomic E-state index is 12.7. The number of nitrogens with one attached hydrogen (secondary N) is 1. The third-order valence-electron chi connectivity index (χ3n) is 4.61. The van der Waals surface area contributed by atoms with Crippen LogP contribution in [0.2, 0.25) is 0 Å². The molecule has 0 bridgehead atoms. The van der Waals surface area contributed by atoms with Crippen LogP contribution in [0.4, 0.5) is 5.13 Å². The first-order valence-corrected chi connectivity index (χ1v) is 10.4. The van der Waals surface area contributed by atoms with Crippen molar-refractivity contribution in [2.45, 2.75) is 19.4 Å². The van der Waals surface area contributed by atoms with Gasteiger partial charge in [0.1, 0.15) is 11.3 Å². The Kier molecular flexibility index (Phi) is 5.94. The van der Waals surface area contributed by atoms with E-state index in [4.69, 9.17) is 13.9 Å². The summed E-state index contributed by atoms with van der Waals surface area (Å²) in [5.41, 5.74) is 2.74. The Morgan fingerprint density at radius 1 is 1.19 bits per heavy atom. The van der Waals surface area contributed by atoms with Gasteiger partial charge in [-0.25, -0.2) is 14.8 Å². The summed E-state index contributed by atoms with van der Waals surface area (Å²) >= 11 is 1.29. The molecule has 31 heavy (non-hydrogen) atoms. The molecule has 0 fully saturated rings. The van der Waals surface area contributed by atoms with Crippen molar-refractivity contribution >= 4 is 39.4 Å². The number of amides is 1. The summed E-state index contributed by atoms with van der Waals surface area (Å²) in [6.07, 6.45) is 0.597. The lowest BCUT2D eigenvalue weighted by Gasteiger charge is -2.15. The van der Waals surface area contributed by atoms with E-state index in [1.165, 1.54) is 17.7 Å². The largest absolute Gasteiger partial charge is 0.497 e. The van der Waals surface area contributed by atoms with Crippen molar-refractivity contribution in [2.24, 2.45) is 0 Å². The number of hydrogen-bond donors (Lipinski definition) is 1. The predicted octanol–water partition coefficient (Wildman–Crippen LogP) is 4.53. The van der Waals surface area contributed by atoms with Crippen molar-refractivity contribution in [1.29, 1.82) is 0 Å². The average Bonchev–Trinajstić information content (AvgIpc) is 3.46. The summed E-state index contributed by atoms with van der Waals surface area (Å²) in [6, 6.07) is 12.4. The standard InChI is InChI=1S/C22H19N3O5S/c1-3-17(30-21(27)15-5-4-6-18-19(15)23-12-29-18)20(26)25-22-24-16(11-31-22)13-7-9-14(28-2)10-8-13/h4-12,17H,3H2,1-2H3,(H,24,25,26). The Balaban J connectivity index is 1.44. The molecule has 1 amide bonds. The molecule has 8 nitrogen and oxygen atoms in total. The van der Waals surface area contributed by atoms with E-state index >= 15 is 0 Å². The molecule has 158 valence electrons. The maximum absolute atomic E-state index is 12.7.